The molecule has 0 fully saturated rings. The molecule has 0 aliphatic carbocycles. The van der Waals surface area contributed by atoms with Gasteiger partial charge in [0.05, 0.1) is 29.5 Å². The molecule has 1 amide bonds. The number of aromatic nitrogens is 3. The number of hydrogen-bond donors (Lipinski definition) is 2. The number of imidazole rings is 1. The Morgan fingerprint density at radius 3 is 2.55 bits per heavy atom. The van der Waals surface area contributed by atoms with Crippen LogP contribution in [0.25, 0.3) is 27.8 Å². The lowest BCUT2D eigenvalue weighted by Gasteiger charge is -2.10. The van der Waals surface area contributed by atoms with E-state index in [-0.39, 0.29) is 19.1 Å². The van der Waals surface area contributed by atoms with Gasteiger partial charge in [0.25, 0.3) is 5.91 Å². The van der Waals surface area contributed by atoms with Crippen molar-refractivity contribution < 1.29 is 23.1 Å². The molecule has 0 bridgehead atoms. The van der Waals surface area contributed by atoms with Gasteiger partial charge in [0.1, 0.15) is 0 Å². The molecule has 4 rings (SSSR count). The van der Waals surface area contributed by atoms with E-state index < -0.39 is 11.7 Å². The van der Waals surface area contributed by atoms with Gasteiger partial charge < -0.3 is 15.0 Å². The highest BCUT2D eigenvalue weighted by atomic mass is 19.4. The number of aryl methyl sites for hydroxylation is 1. The second-order valence-electron chi connectivity index (χ2n) is 6.62. The molecule has 0 saturated heterocycles. The summed E-state index contributed by atoms with van der Waals surface area (Å²) in [6, 6.07) is 9.96. The van der Waals surface area contributed by atoms with E-state index in [1.807, 2.05) is 7.05 Å². The number of benzene rings is 2. The van der Waals surface area contributed by atoms with Gasteiger partial charge in [-0.1, -0.05) is 0 Å². The van der Waals surface area contributed by atoms with Crippen LogP contribution in [-0.2, 0) is 13.2 Å². The van der Waals surface area contributed by atoms with Gasteiger partial charge in [-0.15, -0.1) is 0 Å². The number of amides is 1. The van der Waals surface area contributed by atoms with E-state index in [4.69, 9.17) is 5.11 Å². The second-order valence-corrected chi connectivity index (χ2v) is 6.62. The van der Waals surface area contributed by atoms with Gasteiger partial charge in [0.2, 0.25) is 0 Å². The molecule has 0 unspecified atom stereocenters. The summed E-state index contributed by atoms with van der Waals surface area (Å²) < 4.78 is 42.3. The third-order valence-electron chi connectivity index (χ3n) is 4.73. The summed E-state index contributed by atoms with van der Waals surface area (Å²) in [6.07, 6.45) is -2.79. The summed E-state index contributed by atoms with van der Waals surface area (Å²) in [4.78, 5) is 16.7. The first-order chi connectivity index (χ1) is 13.8. The maximum atomic E-state index is 12.9. The lowest BCUT2D eigenvalue weighted by atomic mass is 10.1. The third kappa shape index (κ3) is 3.23. The first kappa shape index (κ1) is 19.0. The summed E-state index contributed by atoms with van der Waals surface area (Å²) in [5.74, 6) is -0.321. The van der Waals surface area contributed by atoms with Crippen LogP contribution in [0.2, 0.25) is 0 Å². The van der Waals surface area contributed by atoms with Crippen LogP contribution in [0.5, 0.6) is 0 Å². The van der Waals surface area contributed by atoms with Crippen LogP contribution in [0, 0.1) is 0 Å². The number of halogens is 3. The van der Waals surface area contributed by atoms with Gasteiger partial charge in [-0.25, -0.2) is 4.98 Å². The first-order valence-electron chi connectivity index (χ1n) is 8.83. The fourth-order valence-corrected chi connectivity index (χ4v) is 3.40. The second kappa shape index (κ2) is 6.93. The predicted molar refractivity (Wildman–Crippen MR) is 102 cm³/mol. The monoisotopic (exact) mass is 402 g/mol. The van der Waals surface area contributed by atoms with Crippen molar-refractivity contribution in [2.45, 2.75) is 6.18 Å². The van der Waals surface area contributed by atoms with E-state index in [2.05, 4.69) is 10.3 Å². The number of carbonyl (C=O) groups is 1. The Bertz CT molecular complexity index is 1210. The molecule has 0 spiro atoms. The van der Waals surface area contributed by atoms with Crippen molar-refractivity contribution in [3.05, 3.63) is 59.9 Å². The number of aliphatic hydroxyl groups is 1. The van der Waals surface area contributed by atoms with E-state index in [1.165, 1.54) is 12.1 Å². The standard InChI is InChI=1S/C20H17F3N4O2/c1-26-11-25-18-17(26)15-10-12(19(29)24-8-9-28)2-7-16(15)27(18)14-5-3-13(4-6-14)20(21,22)23/h2-7,10-11,28H,8-9H2,1H3,(H,24,29). The Morgan fingerprint density at radius 1 is 1.17 bits per heavy atom. The normalized spacial score (nSPS) is 12.0. The fourth-order valence-electron chi connectivity index (χ4n) is 3.40. The summed E-state index contributed by atoms with van der Waals surface area (Å²) in [6.45, 7) is -0.0190. The average Bonchev–Trinajstić information content (AvgIpc) is 3.22. The van der Waals surface area contributed by atoms with Crippen molar-refractivity contribution in [3.8, 4) is 5.69 Å². The lowest BCUT2D eigenvalue weighted by molar-refractivity contribution is -0.137. The SMILES string of the molecule is Cn1cnc2c1c1cc(C(=O)NCCO)ccc1n2-c1ccc(C(F)(F)F)cc1. The Labute approximate surface area is 163 Å². The van der Waals surface area contributed by atoms with Crippen molar-refractivity contribution in [1.29, 1.82) is 0 Å². The molecule has 0 radical (unpaired) electrons. The molecule has 2 aromatic carbocycles. The van der Waals surface area contributed by atoms with Crippen LogP contribution in [0.15, 0.2) is 48.8 Å². The van der Waals surface area contributed by atoms with Gasteiger partial charge in [0, 0.05) is 30.2 Å². The lowest BCUT2D eigenvalue weighted by Crippen LogP contribution is -2.26. The highest BCUT2D eigenvalue weighted by molar-refractivity contribution is 6.09. The zero-order valence-electron chi connectivity index (χ0n) is 15.4. The first-order valence-corrected chi connectivity index (χ1v) is 8.83. The Kier molecular flexibility index (Phi) is 4.54. The van der Waals surface area contributed by atoms with Crippen LogP contribution in [-0.4, -0.2) is 38.3 Å². The van der Waals surface area contributed by atoms with Crippen LogP contribution in [0.1, 0.15) is 15.9 Å². The number of alkyl halides is 3. The summed E-state index contributed by atoms with van der Waals surface area (Å²) in [5.41, 5.74) is 2.29. The van der Waals surface area contributed by atoms with Gasteiger partial charge in [-0.2, -0.15) is 13.2 Å². The fraction of sp³-hybridized carbons (Fsp3) is 0.200. The molecule has 2 heterocycles. The third-order valence-corrected chi connectivity index (χ3v) is 4.73. The van der Waals surface area contributed by atoms with Gasteiger partial charge in [0.15, 0.2) is 5.65 Å². The van der Waals surface area contributed by atoms with E-state index in [0.29, 0.717) is 16.9 Å². The smallest absolute Gasteiger partial charge is 0.395 e. The maximum Gasteiger partial charge on any atom is 0.416 e. The van der Waals surface area contributed by atoms with Crippen molar-refractivity contribution in [2.24, 2.45) is 7.05 Å². The highest BCUT2D eigenvalue weighted by Crippen LogP contribution is 2.34. The number of hydrogen-bond acceptors (Lipinski definition) is 3. The van der Waals surface area contributed by atoms with Crippen molar-refractivity contribution in [1.82, 2.24) is 19.4 Å². The number of fused-ring (bicyclic) bond motifs is 3. The molecule has 0 atom stereocenters. The number of carbonyl (C=O) groups excluding carboxylic acids is 1. The van der Waals surface area contributed by atoms with Crippen LogP contribution >= 0.6 is 0 Å². The Morgan fingerprint density at radius 2 is 1.90 bits per heavy atom. The minimum Gasteiger partial charge on any atom is -0.395 e. The number of nitrogens with zero attached hydrogens (tertiary/aromatic N) is 3. The molecule has 6 nitrogen and oxygen atoms in total. The van der Waals surface area contributed by atoms with Crippen LogP contribution in [0.4, 0.5) is 13.2 Å². The topological polar surface area (TPSA) is 72.1 Å². The summed E-state index contributed by atoms with van der Waals surface area (Å²) >= 11 is 0. The molecular formula is C20H17F3N4O2. The average molecular weight is 402 g/mol. The minimum absolute atomic E-state index is 0.143. The number of aliphatic hydroxyl groups excluding tert-OH is 1. The number of rotatable bonds is 4. The molecular weight excluding hydrogens is 385 g/mol. The molecule has 0 aliphatic rings. The van der Waals surface area contributed by atoms with Crippen LogP contribution in [0.3, 0.4) is 0 Å². The molecule has 0 saturated carbocycles. The quantitative estimate of drug-likeness (QED) is 0.551. The largest absolute Gasteiger partial charge is 0.416 e. The Hall–Kier alpha value is -3.33. The maximum absolute atomic E-state index is 12.9. The molecule has 9 heteroatoms. The van der Waals surface area contributed by atoms with Crippen LogP contribution < -0.4 is 5.32 Å². The molecule has 2 N–H and O–H groups in total. The van der Waals surface area contributed by atoms with Crippen molar-refractivity contribution in [2.75, 3.05) is 13.2 Å². The van der Waals surface area contributed by atoms with Gasteiger partial charge in [-0.05, 0) is 42.5 Å². The van der Waals surface area contributed by atoms with E-state index in [0.717, 1.165) is 28.6 Å². The number of nitrogens with one attached hydrogen (secondary N) is 1. The van der Waals surface area contributed by atoms with Gasteiger partial charge >= 0.3 is 6.18 Å². The molecule has 29 heavy (non-hydrogen) atoms. The van der Waals surface area contributed by atoms with Gasteiger partial charge in [-0.3, -0.25) is 9.36 Å². The highest BCUT2D eigenvalue weighted by Gasteiger charge is 2.30. The zero-order valence-corrected chi connectivity index (χ0v) is 15.4. The molecule has 150 valence electrons. The summed E-state index contributed by atoms with van der Waals surface area (Å²) in [5, 5.41) is 12.2. The van der Waals surface area contributed by atoms with Crippen molar-refractivity contribution in [3.63, 3.8) is 0 Å². The predicted octanol–water partition coefficient (Wildman–Crippen LogP) is 3.26. The zero-order chi connectivity index (χ0) is 20.8. The molecule has 2 aromatic heterocycles. The van der Waals surface area contributed by atoms with E-state index in [9.17, 15) is 18.0 Å². The molecule has 4 aromatic rings. The van der Waals surface area contributed by atoms with Crippen molar-refractivity contribution >= 4 is 28.0 Å². The van der Waals surface area contributed by atoms with E-state index in [1.54, 1.807) is 33.7 Å². The molecule has 0 aliphatic heterocycles. The Balaban J connectivity index is 1.89. The summed E-state index contributed by atoms with van der Waals surface area (Å²) in [7, 11) is 1.81. The van der Waals surface area contributed by atoms with E-state index >= 15 is 0 Å². The minimum atomic E-state index is -4.41.